The zero-order chi connectivity index (χ0) is 17.6. The third-order valence-corrected chi connectivity index (χ3v) is 5.51. The summed E-state index contributed by atoms with van der Waals surface area (Å²) in [6, 6.07) is 11.0. The maximum absolute atomic E-state index is 5.51. The highest BCUT2D eigenvalue weighted by molar-refractivity contribution is 7.80. The van der Waals surface area contributed by atoms with E-state index in [9.17, 15) is 0 Å². The molecule has 0 unspecified atom stereocenters. The lowest BCUT2D eigenvalue weighted by molar-refractivity contribution is 0.0177. The number of hydrogen-bond acceptors (Lipinski definition) is 4. The highest BCUT2D eigenvalue weighted by atomic mass is 32.1. The van der Waals surface area contributed by atoms with Gasteiger partial charge < -0.3 is 15.4 Å². The van der Waals surface area contributed by atoms with Gasteiger partial charge in [0.1, 0.15) is 0 Å². The lowest BCUT2D eigenvalue weighted by Gasteiger charge is -2.34. The fraction of sp³-hybridized carbons (Fsp3) is 0.421. The molecule has 0 bridgehead atoms. The average Bonchev–Trinajstić information content (AvgIpc) is 3.09. The molecule has 1 saturated heterocycles. The first-order valence-electron chi connectivity index (χ1n) is 8.60. The molecule has 0 amide bonds. The van der Waals surface area contributed by atoms with E-state index < -0.39 is 0 Å². The van der Waals surface area contributed by atoms with Gasteiger partial charge >= 0.3 is 0 Å². The number of nitrogens with one attached hydrogen (secondary N) is 2. The van der Waals surface area contributed by atoms with E-state index in [4.69, 9.17) is 17.0 Å². The molecule has 1 fully saturated rings. The molecule has 0 radical (unpaired) electrons. The van der Waals surface area contributed by atoms with Crippen molar-refractivity contribution in [3.8, 4) is 0 Å². The van der Waals surface area contributed by atoms with Gasteiger partial charge in [-0.3, -0.25) is 4.90 Å². The molecular weight excluding hydrogens is 350 g/mol. The van der Waals surface area contributed by atoms with E-state index >= 15 is 0 Å². The number of aryl methyl sites for hydroxylation is 2. The van der Waals surface area contributed by atoms with Crippen molar-refractivity contribution >= 4 is 34.4 Å². The number of benzene rings is 1. The van der Waals surface area contributed by atoms with Gasteiger partial charge in [0.15, 0.2) is 5.11 Å². The Balaban J connectivity index is 1.61. The largest absolute Gasteiger partial charge is 0.379 e. The molecule has 0 saturated carbocycles. The number of hydrogen-bond donors (Lipinski definition) is 2. The minimum absolute atomic E-state index is 0.322. The number of ether oxygens (including phenoxy) is 1. The van der Waals surface area contributed by atoms with E-state index in [0.717, 1.165) is 38.5 Å². The Kier molecular flexibility index (Phi) is 6.42. The van der Waals surface area contributed by atoms with Crippen LogP contribution in [-0.4, -0.2) is 42.9 Å². The zero-order valence-electron chi connectivity index (χ0n) is 14.7. The van der Waals surface area contributed by atoms with Crippen molar-refractivity contribution < 1.29 is 4.74 Å². The van der Waals surface area contributed by atoms with E-state index in [0.29, 0.717) is 11.2 Å². The van der Waals surface area contributed by atoms with Crippen LogP contribution in [0.5, 0.6) is 0 Å². The smallest absolute Gasteiger partial charge is 0.170 e. The first-order chi connectivity index (χ1) is 12.1. The van der Waals surface area contributed by atoms with E-state index in [1.54, 1.807) is 11.3 Å². The minimum atomic E-state index is 0.322. The average molecular weight is 376 g/mol. The van der Waals surface area contributed by atoms with E-state index in [1.807, 2.05) is 0 Å². The van der Waals surface area contributed by atoms with Crippen molar-refractivity contribution in [2.24, 2.45) is 0 Å². The summed E-state index contributed by atoms with van der Waals surface area (Å²) in [7, 11) is 0. The zero-order valence-corrected chi connectivity index (χ0v) is 16.4. The predicted octanol–water partition coefficient (Wildman–Crippen LogP) is 3.72. The summed E-state index contributed by atoms with van der Waals surface area (Å²) < 4.78 is 5.50. The van der Waals surface area contributed by atoms with Gasteiger partial charge in [-0.05, 0) is 60.8 Å². The van der Waals surface area contributed by atoms with Crippen molar-refractivity contribution in [3.05, 3.63) is 51.7 Å². The molecule has 2 aromatic rings. The van der Waals surface area contributed by atoms with Crippen LogP contribution in [0.4, 0.5) is 5.69 Å². The number of thiophene rings is 1. The molecule has 134 valence electrons. The standard InChI is InChI=1S/C19H25N3OS2/c1-14-10-15(2)12-16(11-14)21-19(24)20-13-17(18-4-3-9-25-18)22-5-7-23-8-6-22/h3-4,9-12,17H,5-8,13H2,1-2H3,(H2,20,21,24)/t17-/m0/s1. The van der Waals surface area contributed by atoms with E-state index in [1.165, 1.54) is 16.0 Å². The van der Waals surface area contributed by atoms with E-state index in [2.05, 4.69) is 65.1 Å². The van der Waals surface area contributed by atoms with Crippen molar-refractivity contribution in [1.82, 2.24) is 10.2 Å². The van der Waals surface area contributed by atoms with Gasteiger partial charge in [0.25, 0.3) is 0 Å². The molecule has 0 aliphatic carbocycles. The van der Waals surface area contributed by atoms with Crippen LogP contribution in [0.1, 0.15) is 22.0 Å². The fourth-order valence-corrected chi connectivity index (χ4v) is 4.25. The van der Waals surface area contributed by atoms with Crippen LogP contribution in [-0.2, 0) is 4.74 Å². The lowest BCUT2D eigenvalue weighted by atomic mass is 10.1. The molecule has 1 aromatic heterocycles. The molecule has 1 atom stereocenters. The Bertz CT molecular complexity index is 676. The van der Waals surface area contributed by atoms with Crippen molar-refractivity contribution in [2.45, 2.75) is 19.9 Å². The van der Waals surface area contributed by atoms with E-state index in [-0.39, 0.29) is 0 Å². The van der Waals surface area contributed by atoms with Gasteiger partial charge in [0.05, 0.1) is 19.3 Å². The molecule has 3 rings (SSSR count). The molecule has 1 aliphatic heterocycles. The van der Waals surface area contributed by atoms with Crippen LogP contribution in [0.3, 0.4) is 0 Å². The molecule has 4 nitrogen and oxygen atoms in total. The number of thiocarbonyl (C=S) groups is 1. The second-order valence-electron chi connectivity index (χ2n) is 6.39. The summed E-state index contributed by atoms with van der Waals surface area (Å²) in [5, 5.41) is 9.51. The number of rotatable bonds is 5. The molecule has 1 aliphatic rings. The fourth-order valence-electron chi connectivity index (χ4n) is 3.19. The van der Waals surface area contributed by atoms with Crippen LogP contribution in [0.2, 0.25) is 0 Å². The van der Waals surface area contributed by atoms with Gasteiger partial charge in [0, 0.05) is 30.2 Å². The van der Waals surface area contributed by atoms with Gasteiger partial charge in [-0.1, -0.05) is 12.1 Å². The summed E-state index contributed by atoms with van der Waals surface area (Å²) in [6.45, 7) is 8.50. The molecule has 2 heterocycles. The number of nitrogens with zero attached hydrogens (tertiary/aromatic N) is 1. The first kappa shape index (κ1) is 18.3. The summed E-state index contributed by atoms with van der Waals surface area (Å²) in [5.74, 6) is 0. The molecule has 0 spiro atoms. The Morgan fingerprint density at radius 2 is 1.96 bits per heavy atom. The van der Waals surface area contributed by atoms with Crippen molar-refractivity contribution in [3.63, 3.8) is 0 Å². The Morgan fingerprint density at radius 1 is 1.24 bits per heavy atom. The summed E-state index contributed by atoms with van der Waals surface area (Å²) in [4.78, 5) is 3.84. The number of anilines is 1. The third kappa shape index (κ3) is 5.25. The summed E-state index contributed by atoms with van der Waals surface area (Å²) >= 11 is 7.31. The number of morpholine rings is 1. The predicted molar refractivity (Wildman–Crippen MR) is 110 cm³/mol. The van der Waals surface area contributed by atoms with Crippen LogP contribution >= 0.6 is 23.6 Å². The van der Waals surface area contributed by atoms with Gasteiger partial charge in [0.2, 0.25) is 0 Å². The maximum Gasteiger partial charge on any atom is 0.170 e. The Labute approximate surface area is 159 Å². The topological polar surface area (TPSA) is 36.5 Å². The summed E-state index contributed by atoms with van der Waals surface area (Å²) in [5.41, 5.74) is 3.50. The van der Waals surface area contributed by atoms with Crippen LogP contribution in [0, 0.1) is 13.8 Å². The molecular formula is C19H25N3OS2. The first-order valence-corrected chi connectivity index (χ1v) is 9.89. The van der Waals surface area contributed by atoms with Crippen LogP contribution in [0.25, 0.3) is 0 Å². The molecule has 1 aromatic carbocycles. The summed E-state index contributed by atoms with van der Waals surface area (Å²) in [6.07, 6.45) is 0. The van der Waals surface area contributed by atoms with Crippen LogP contribution < -0.4 is 10.6 Å². The SMILES string of the molecule is Cc1cc(C)cc(NC(=S)NC[C@@H](c2cccs2)N2CCOCC2)c1. The third-order valence-electron chi connectivity index (χ3n) is 4.29. The van der Waals surface area contributed by atoms with Gasteiger partial charge in [-0.2, -0.15) is 0 Å². The highest BCUT2D eigenvalue weighted by Gasteiger charge is 2.23. The molecule has 6 heteroatoms. The van der Waals surface area contributed by atoms with Crippen molar-refractivity contribution in [2.75, 3.05) is 38.2 Å². The quantitative estimate of drug-likeness (QED) is 0.779. The monoisotopic (exact) mass is 375 g/mol. The van der Waals surface area contributed by atoms with Gasteiger partial charge in [-0.25, -0.2) is 0 Å². The minimum Gasteiger partial charge on any atom is -0.379 e. The van der Waals surface area contributed by atoms with Crippen LogP contribution in [0.15, 0.2) is 35.7 Å². The molecule has 2 N–H and O–H groups in total. The second kappa shape index (κ2) is 8.76. The van der Waals surface area contributed by atoms with Gasteiger partial charge in [-0.15, -0.1) is 11.3 Å². The maximum atomic E-state index is 5.51. The Morgan fingerprint density at radius 3 is 2.60 bits per heavy atom. The van der Waals surface area contributed by atoms with Crippen molar-refractivity contribution in [1.29, 1.82) is 0 Å². The second-order valence-corrected chi connectivity index (χ2v) is 7.78. The molecule has 25 heavy (non-hydrogen) atoms. The normalized spacial score (nSPS) is 16.4. The lowest BCUT2D eigenvalue weighted by Crippen LogP contribution is -2.44. The Hall–Kier alpha value is -1.47. The highest BCUT2D eigenvalue weighted by Crippen LogP contribution is 2.25.